The molecule has 14 heavy (non-hydrogen) atoms. The van der Waals surface area contributed by atoms with Crippen LogP contribution in [0, 0.1) is 0 Å². The second-order valence-corrected chi connectivity index (χ2v) is 2.51. The number of carboxylic acid groups (broad SMARTS) is 1. The van der Waals surface area contributed by atoms with Gasteiger partial charge in [0.15, 0.2) is 11.6 Å². The van der Waals surface area contributed by atoms with Crippen LogP contribution in [-0.2, 0) is 4.79 Å². The van der Waals surface area contributed by atoms with E-state index in [0.717, 1.165) is 0 Å². The molecule has 0 aliphatic rings. The molecule has 2 N–H and O–H groups in total. The van der Waals surface area contributed by atoms with Crippen LogP contribution in [0.3, 0.4) is 0 Å². The molecule has 0 bridgehead atoms. The SMILES string of the molecule is COc1cncnc1NCCC(=O)O. The Kier molecular flexibility index (Phi) is 3.66. The number of carbonyl (C=O) groups is 1. The van der Waals surface area contributed by atoms with Gasteiger partial charge in [-0.05, 0) is 0 Å². The number of hydrogen-bond donors (Lipinski definition) is 2. The number of nitrogens with zero attached hydrogens (tertiary/aromatic N) is 2. The fraction of sp³-hybridized carbons (Fsp3) is 0.375. The molecule has 6 nitrogen and oxygen atoms in total. The number of aromatic nitrogens is 2. The highest BCUT2D eigenvalue weighted by Crippen LogP contribution is 2.18. The molecule has 1 aromatic rings. The number of methoxy groups -OCH3 is 1. The van der Waals surface area contributed by atoms with Crippen molar-refractivity contribution in [3.8, 4) is 5.75 Å². The van der Waals surface area contributed by atoms with Gasteiger partial charge in [0.05, 0.1) is 19.7 Å². The van der Waals surface area contributed by atoms with Gasteiger partial charge < -0.3 is 15.2 Å². The molecule has 0 unspecified atom stereocenters. The van der Waals surface area contributed by atoms with Crippen LogP contribution >= 0.6 is 0 Å². The Morgan fingerprint density at radius 2 is 2.50 bits per heavy atom. The number of aliphatic carboxylic acids is 1. The second-order valence-electron chi connectivity index (χ2n) is 2.51. The maximum Gasteiger partial charge on any atom is 0.305 e. The van der Waals surface area contributed by atoms with Crippen molar-refractivity contribution >= 4 is 11.8 Å². The van der Waals surface area contributed by atoms with Crippen molar-refractivity contribution < 1.29 is 14.6 Å². The molecular formula is C8H11N3O3. The summed E-state index contributed by atoms with van der Waals surface area (Å²) in [5, 5.41) is 11.3. The third-order valence-corrected chi connectivity index (χ3v) is 1.53. The third kappa shape index (κ3) is 2.89. The fourth-order valence-corrected chi connectivity index (χ4v) is 0.887. The van der Waals surface area contributed by atoms with Crippen LogP contribution in [0.15, 0.2) is 12.5 Å². The van der Waals surface area contributed by atoms with Crippen molar-refractivity contribution in [2.24, 2.45) is 0 Å². The van der Waals surface area contributed by atoms with Crippen LogP contribution in [0.4, 0.5) is 5.82 Å². The Hall–Kier alpha value is -1.85. The molecule has 0 atom stereocenters. The lowest BCUT2D eigenvalue weighted by molar-refractivity contribution is -0.136. The monoisotopic (exact) mass is 197 g/mol. The standard InChI is InChI=1S/C8H11N3O3/c1-14-6-4-9-5-11-8(6)10-3-2-7(12)13/h4-5H,2-3H2,1H3,(H,12,13)(H,9,10,11). The molecule has 0 aromatic carbocycles. The highest BCUT2D eigenvalue weighted by Gasteiger charge is 2.03. The van der Waals surface area contributed by atoms with Gasteiger partial charge in [0.1, 0.15) is 6.33 Å². The summed E-state index contributed by atoms with van der Waals surface area (Å²) in [4.78, 5) is 17.9. The van der Waals surface area contributed by atoms with E-state index in [2.05, 4.69) is 15.3 Å². The van der Waals surface area contributed by atoms with Crippen molar-refractivity contribution in [1.29, 1.82) is 0 Å². The number of ether oxygens (including phenoxy) is 1. The van der Waals surface area contributed by atoms with Gasteiger partial charge in [-0.3, -0.25) is 4.79 Å². The lowest BCUT2D eigenvalue weighted by Crippen LogP contribution is -2.09. The van der Waals surface area contributed by atoms with Crippen molar-refractivity contribution in [2.75, 3.05) is 19.0 Å². The van der Waals surface area contributed by atoms with Crippen LogP contribution in [0.2, 0.25) is 0 Å². The zero-order valence-electron chi connectivity index (χ0n) is 7.73. The van der Waals surface area contributed by atoms with E-state index in [9.17, 15) is 4.79 Å². The topological polar surface area (TPSA) is 84.3 Å². The maximum atomic E-state index is 10.2. The minimum Gasteiger partial charge on any atom is -0.491 e. The first-order chi connectivity index (χ1) is 6.74. The van der Waals surface area contributed by atoms with E-state index < -0.39 is 5.97 Å². The predicted molar refractivity (Wildman–Crippen MR) is 49.3 cm³/mol. The summed E-state index contributed by atoms with van der Waals surface area (Å²) in [5.41, 5.74) is 0. The van der Waals surface area contributed by atoms with E-state index >= 15 is 0 Å². The summed E-state index contributed by atoms with van der Waals surface area (Å²) < 4.78 is 4.97. The minimum atomic E-state index is -0.856. The van der Waals surface area contributed by atoms with E-state index in [1.165, 1.54) is 19.6 Å². The first kappa shape index (κ1) is 10.2. The van der Waals surface area contributed by atoms with E-state index in [4.69, 9.17) is 9.84 Å². The van der Waals surface area contributed by atoms with Crippen molar-refractivity contribution in [2.45, 2.75) is 6.42 Å². The zero-order valence-corrected chi connectivity index (χ0v) is 7.73. The molecule has 6 heteroatoms. The maximum absolute atomic E-state index is 10.2. The largest absolute Gasteiger partial charge is 0.491 e. The van der Waals surface area contributed by atoms with Gasteiger partial charge >= 0.3 is 5.97 Å². The second kappa shape index (κ2) is 5.00. The number of carboxylic acids is 1. The first-order valence-electron chi connectivity index (χ1n) is 4.03. The third-order valence-electron chi connectivity index (χ3n) is 1.53. The molecule has 0 saturated heterocycles. The van der Waals surface area contributed by atoms with E-state index in [0.29, 0.717) is 18.1 Å². The molecule has 0 radical (unpaired) electrons. The van der Waals surface area contributed by atoms with Gasteiger partial charge in [-0.15, -0.1) is 0 Å². The highest BCUT2D eigenvalue weighted by molar-refractivity contribution is 5.67. The summed E-state index contributed by atoms with van der Waals surface area (Å²) in [6, 6.07) is 0. The quantitative estimate of drug-likeness (QED) is 0.709. The fourth-order valence-electron chi connectivity index (χ4n) is 0.887. The molecule has 0 fully saturated rings. The zero-order chi connectivity index (χ0) is 10.4. The summed E-state index contributed by atoms with van der Waals surface area (Å²) in [7, 11) is 1.50. The Labute approximate surface area is 80.9 Å². The normalized spacial score (nSPS) is 9.50. The first-order valence-corrected chi connectivity index (χ1v) is 4.03. The van der Waals surface area contributed by atoms with Crippen LogP contribution in [0.1, 0.15) is 6.42 Å². The lowest BCUT2D eigenvalue weighted by atomic mass is 10.4. The van der Waals surface area contributed by atoms with Crippen LogP contribution < -0.4 is 10.1 Å². The summed E-state index contributed by atoms with van der Waals surface area (Å²) in [6.45, 7) is 0.308. The van der Waals surface area contributed by atoms with E-state index in [1.807, 2.05) is 0 Å². The molecule has 1 aromatic heterocycles. The van der Waals surface area contributed by atoms with E-state index in [-0.39, 0.29) is 6.42 Å². The molecule has 76 valence electrons. The van der Waals surface area contributed by atoms with Crippen molar-refractivity contribution in [1.82, 2.24) is 9.97 Å². The number of anilines is 1. The summed E-state index contributed by atoms with van der Waals surface area (Å²) >= 11 is 0. The molecule has 0 saturated carbocycles. The number of nitrogens with one attached hydrogen (secondary N) is 1. The molecule has 0 spiro atoms. The Morgan fingerprint density at radius 1 is 1.71 bits per heavy atom. The summed E-state index contributed by atoms with van der Waals surface area (Å²) in [5.74, 6) is 0.146. The summed E-state index contributed by atoms with van der Waals surface area (Å²) in [6.07, 6.45) is 2.91. The van der Waals surface area contributed by atoms with Gasteiger partial charge in [-0.2, -0.15) is 0 Å². The smallest absolute Gasteiger partial charge is 0.305 e. The molecule has 0 aliphatic heterocycles. The lowest BCUT2D eigenvalue weighted by Gasteiger charge is -2.07. The number of hydrogen-bond acceptors (Lipinski definition) is 5. The van der Waals surface area contributed by atoms with Gasteiger partial charge in [0, 0.05) is 6.54 Å². The van der Waals surface area contributed by atoms with Gasteiger partial charge in [0.2, 0.25) is 0 Å². The molecule has 1 rings (SSSR count). The average Bonchev–Trinajstić information content (AvgIpc) is 2.18. The van der Waals surface area contributed by atoms with Crippen LogP contribution in [0.5, 0.6) is 5.75 Å². The van der Waals surface area contributed by atoms with E-state index in [1.54, 1.807) is 0 Å². The number of rotatable bonds is 5. The molecule has 0 amide bonds. The van der Waals surface area contributed by atoms with Gasteiger partial charge in [-0.1, -0.05) is 0 Å². The minimum absolute atomic E-state index is 0.0349. The Bertz CT molecular complexity index is 316. The van der Waals surface area contributed by atoms with Crippen LogP contribution in [-0.4, -0.2) is 34.7 Å². The molecular weight excluding hydrogens is 186 g/mol. The average molecular weight is 197 g/mol. The highest BCUT2D eigenvalue weighted by atomic mass is 16.5. The Morgan fingerprint density at radius 3 is 3.14 bits per heavy atom. The van der Waals surface area contributed by atoms with Crippen molar-refractivity contribution in [3.63, 3.8) is 0 Å². The van der Waals surface area contributed by atoms with Crippen molar-refractivity contribution in [3.05, 3.63) is 12.5 Å². The van der Waals surface area contributed by atoms with Crippen LogP contribution in [0.25, 0.3) is 0 Å². The molecule has 0 aliphatic carbocycles. The molecule has 1 heterocycles. The van der Waals surface area contributed by atoms with Gasteiger partial charge in [0.25, 0.3) is 0 Å². The Balaban J connectivity index is 2.53. The van der Waals surface area contributed by atoms with Gasteiger partial charge in [-0.25, -0.2) is 9.97 Å². The predicted octanol–water partition coefficient (Wildman–Crippen LogP) is 0.372.